The SMILES string of the molecule is CC(=O)CC(=O)N(CCC#N)CC(C)C. The van der Waals surface area contributed by atoms with Gasteiger partial charge in [-0.15, -0.1) is 0 Å². The van der Waals surface area contributed by atoms with E-state index in [0.717, 1.165) is 0 Å². The van der Waals surface area contributed by atoms with E-state index in [1.54, 1.807) is 4.90 Å². The van der Waals surface area contributed by atoms with E-state index in [1.165, 1.54) is 6.92 Å². The number of nitriles is 1. The van der Waals surface area contributed by atoms with E-state index >= 15 is 0 Å². The van der Waals surface area contributed by atoms with Gasteiger partial charge >= 0.3 is 0 Å². The Morgan fingerprint density at radius 2 is 2.00 bits per heavy atom. The maximum Gasteiger partial charge on any atom is 0.230 e. The molecule has 0 aliphatic heterocycles. The largest absolute Gasteiger partial charge is 0.341 e. The molecule has 0 N–H and O–H groups in total. The number of rotatable bonds is 6. The van der Waals surface area contributed by atoms with Gasteiger partial charge in [-0.3, -0.25) is 9.59 Å². The van der Waals surface area contributed by atoms with Gasteiger partial charge in [0, 0.05) is 13.1 Å². The number of hydrogen-bond donors (Lipinski definition) is 0. The highest BCUT2D eigenvalue weighted by atomic mass is 16.2. The third-order valence-electron chi connectivity index (χ3n) is 1.83. The number of nitrogens with zero attached hydrogens (tertiary/aromatic N) is 2. The summed E-state index contributed by atoms with van der Waals surface area (Å²) in [6, 6.07) is 2.00. The van der Waals surface area contributed by atoms with E-state index in [0.29, 0.717) is 25.4 Å². The Hall–Kier alpha value is -1.37. The summed E-state index contributed by atoms with van der Waals surface area (Å²) in [5.74, 6) is 0.0387. The predicted octanol–water partition coefficient (Wildman–Crippen LogP) is 1.36. The molecule has 4 nitrogen and oxygen atoms in total. The molecule has 1 amide bonds. The molecule has 0 aromatic carbocycles. The maximum atomic E-state index is 11.6. The van der Waals surface area contributed by atoms with E-state index in [4.69, 9.17) is 5.26 Å². The molecule has 4 heteroatoms. The summed E-state index contributed by atoms with van der Waals surface area (Å²) in [5.41, 5.74) is 0. The minimum atomic E-state index is -0.175. The van der Waals surface area contributed by atoms with Crippen molar-refractivity contribution in [3.05, 3.63) is 0 Å². The van der Waals surface area contributed by atoms with Crippen molar-refractivity contribution in [1.82, 2.24) is 4.90 Å². The summed E-state index contributed by atoms with van der Waals surface area (Å²) in [7, 11) is 0. The molecule has 15 heavy (non-hydrogen) atoms. The molecule has 0 bridgehead atoms. The van der Waals surface area contributed by atoms with Crippen molar-refractivity contribution in [2.24, 2.45) is 5.92 Å². The van der Waals surface area contributed by atoms with Crippen LogP contribution in [0.1, 0.15) is 33.6 Å². The second kappa shape index (κ2) is 6.99. The average Bonchev–Trinajstić information content (AvgIpc) is 2.10. The Morgan fingerprint density at radius 1 is 1.40 bits per heavy atom. The number of Topliss-reactive ketones (excluding diaryl/α,β-unsaturated/α-hetero) is 1. The fourth-order valence-electron chi connectivity index (χ4n) is 1.27. The Labute approximate surface area is 90.9 Å². The fourth-order valence-corrected chi connectivity index (χ4v) is 1.27. The van der Waals surface area contributed by atoms with Crippen molar-refractivity contribution in [2.75, 3.05) is 13.1 Å². The quantitative estimate of drug-likeness (QED) is 0.622. The van der Waals surface area contributed by atoms with Crippen LogP contribution in [0.25, 0.3) is 0 Å². The number of carbonyl (C=O) groups is 2. The van der Waals surface area contributed by atoms with E-state index in [1.807, 2.05) is 19.9 Å². The first kappa shape index (κ1) is 13.6. The van der Waals surface area contributed by atoms with Gasteiger partial charge in [0.25, 0.3) is 0 Å². The number of hydrogen-bond acceptors (Lipinski definition) is 3. The second-order valence-electron chi connectivity index (χ2n) is 4.02. The maximum absolute atomic E-state index is 11.6. The van der Waals surface area contributed by atoms with E-state index in [2.05, 4.69) is 0 Å². The first-order valence-electron chi connectivity index (χ1n) is 5.11. The summed E-state index contributed by atoms with van der Waals surface area (Å²) in [5, 5.41) is 8.46. The molecule has 0 saturated heterocycles. The minimum absolute atomic E-state index is 0.0574. The first-order chi connectivity index (χ1) is 6.97. The van der Waals surface area contributed by atoms with Gasteiger partial charge in [0.05, 0.1) is 18.9 Å². The summed E-state index contributed by atoms with van der Waals surface area (Å²) in [4.78, 5) is 24.0. The molecule has 0 radical (unpaired) electrons. The van der Waals surface area contributed by atoms with Crippen LogP contribution in [0.4, 0.5) is 0 Å². The molecule has 0 atom stereocenters. The number of ketones is 1. The van der Waals surface area contributed by atoms with Crippen LogP contribution in [0.2, 0.25) is 0 Å². The van der Waals surface area contributed by atoms with Gasteiger partial charge in [0.15, 0.2) is 0 Å². The summed E-state index contributed by atoms with van der Waals surface area (Å²) < 4.78 is 0. The molecule has 0 spiro atoms. The number of carbonyl (C=O) groups excluding carboxylic acids is 2. The summed E-state index contributed by atoms with van der Waals surface area (Å²) >= 11 is 0. The Balaban J connectivity index is 4.27. The highest BCUT2D eigenvalue weighted by Crippen LogP contribution is 2.03. The van der Waals surface area contributed by atoms with Crippen LogP contribution in [-0.4, -0.2) is 29.7 Å². The minimum Gasteiger partial charge on any atom is -0.341 e. The molecule has 0 aromatic heterocycles. The fraction of sp³-hybridized carbons (Fsp3) is 0.727. The van der Waals surface area contributed by atoms with Crippen molar-refractivity contribution in [3.63, 3.8) is 0 Å². The molecule has 0 fully saturated rings. The monoisotopic (exact) mass is 210 g/mol. The van der Waals surface area contributed by atoms with Crippen LogP contribution >= 0.6 is 0 Å². The van der Waals surface area contributed by atoms with Crippen molar-refractivity contribution in [2.45, 2.75) is 33.6 Å². The molecule has 0 unspecified atom stereocenters. The van der Waals surface area contributed by atoms with E-state index in [-0.39, 0.29) is 18.1 Å². The molecular weight excluding hydrogens is 192 g/mol. The summed E-state index contributed by atoms with van der Waals surface area (Å²) in [6.45, 7) is 6.42. The third kappa shape index (κ3) is 6.67. The lowest BCUT2D eigenvalue weighted by Gasteiger charge is -2.23. The molecule has 0 aromatic rings. The Kier molecular flexibility index (Phi) is 6.35. The first-order valence-corrected chi connectivity index (χ1v) is 5.11. The summed E-state index contributed by atoms with van der Waals surface area (Å²) in [6.07, 6.45) is 0.258. The van der Waals surface area contributed by atoms with Crippen LogP contribution in [-0.2, 0) is 9.59 Å². The Bertz CT molecular complexity index is 266. The smallest absolute Gasteiger partial charge is 0.230 e. The van der Waals surface area contributed by atoms with Crippen LogP contribution < -0.4 is 0 Å². The van der Waals surface area contributed by atoms with Gasteiger partial charge in [-0.1, -0.05) is 13.8 Å². The van der Waals surface area contributed by atoms with Crippen molar-refractivity contribution >= 4 is 11.7 Å². The predicted molar refractivity (Wildman–Crippen MR) is 56.9 cm³/mol. The van der Waals surface area contributed by atoms with Crippen LogP contribution in [0.5, 0.6) is 0 Å². The zero-order valence-electron chi connectivity index (χ0n) is 9.62. The highest BCUT2D eigenvalue weighted by Gasteiger charge is 2.15. The lowest BCUT2D eigenvalue weighted by molar-refractivity contribution is -0.135. The zero-order chi connectivity index (χ0) is 11.8. The number of amides is 1. The molecule has 0 saturated carbocycles. The standard InChI is InChI=1S/C11H18N2O2/c1-9(2)8-13(6-4-5-12)11(15)7-10(3)14/h9H,4,6-8H2,1-3H3. The average molecular weight is 210 g/mol. The van der Waals surface area contributed by atoms with Gasteiger partial charge in [0.1, 0.15) is 5.78 Å². The van der Waals surface area contributed by atoms with Gasteiger partial charge in [-0.2, -0.15) is 5.26 Å². The van der Waals surface area contributed by atoms with Crippen LogP contribution in [0.3, 0.4) is 0 Å². The molecule has 0 aliphatic carbocycles. The van der Waals surface area contributed by atoms with Gasteiger partial charge in [-0.05, 0) is 12.8 Å². The van der Waals surface area contributed by atoms with Crippen molar-refractivity contribution < 1.29 is 9.59 Å². The Morgan fingerprint density at radius 3 is 2.40 bits per heavy atom. The molecule has 0 aliphatic rings. The normalized spacial score (nSPS) is 9.80. The third-order valence-corrected chi connectivity index (χ3v) is 1.83. The molecular formula is C11H18N2O2. The molecule has 0 heterocycles. The lowest BCUT2D eigenvalue weighted by Crippen LogP contribution is -2.35. The van der Waals surface area contributed by atoms with Gasteiger partial charge < -0.3 is 4.90 Å². The van der Waals surface area contributed by atoms with Crippen LogP contribution in [0.15, 0.2) is 0 Å². The lowest BCUT2D eigenvalue weighted by atomic mass is 10.2. The van der Waals surface area contributed by atoms with E-state index < -0.39 is 0 Å². The van der Waals surface area contributed by atoms with Gasteiger partial charge in [0.2, 0.25) is 5.91 Å². The van der Waals surface area contributed by atoms with Crippen molar-refractivity contribution in [1.29, 1.82) is 5.26 Å². The highest BCUT2D eigenvalue weighted by molar-refractivity contribution is 5.96. The zero-order valence-corrected chi connectivity index (χ0v) is 9.62. The second-order valence-corrected chi connectivity index (χ2v) is 4.02. The topological polar surface area (TPSA) is 61.2 Å². The van der Waals surface area contributed by atoms with Crippen LogP contribution in [0, 0.1) is 17.2 Å². The van der Waals surface area contributed by atoms with Crippen molar-refractivity contribution in [3.8, 4) is 6.07 Å². The van der Waals surface area contributed by atoms with E-state index in [9.17, 15) is 9.59 Å². The van der Waals surface area contributed by atoms with Gasteiger partial charge in [-0.25, -0.2) is 0 Å². The molecule has 0 rings (SSSR count). The molecule has 84 valence electrons.